The fraction of sp³-hybridized carbons (Fsp3) is 0.467. The number of rotatable bonds is 8. The van der Waals surface area contributed by atoms with Crippen LogP contribution in [0.15, 0.2) is 48.5 Å². The number of alkyl halides is 2. The van der Waals surface area contributed by atoms with Gasteiger partial charge >= 0.3 is 6.09 Å². The maximum atomic E-state index is 13.7. The van der Waals surface area contributed by atoms with Crippen molar-refractivity contribution in [1.29, 1.82) is 0 Å². The van der Waals surface area contributed by atoms with Gasteiger partial charge in [0.15, 0.2) is 0 Å². The van der Waals surface area contributed by atoms with Crippen molar-refractivity contribution in [2.45, 2.75) is 75.1 Å². The number of aryl methyl sites for hydroxylation is 1. The van der Waals surface area contributed by atoms with Gasteiger partial charge in [-0.1, -0.05) is 36.4 Å². The van der Waals surface area contributed by atoms with Crippen molar-refractivity contribution in [1.82, 2.24) is 9.80 Å². The third-order valence-electron chi connectivity index (χ3n) is 8.82. The Kier molecular flexibility index (Phi) is 6.40. The lowest BCUT2D eigenvalue weighted by Gasteiger charge is -2.42. The largest absolute Gasteiger partial charge is 0.427 e. The molecule has 0 bridgehead atoms. The maximum absolute atomic E-state index is 13.7. The number of nitrogens with two attached hydrogens (primary N) is 1. The minimum absolute atomic E-state index is 0.0370. The zero-order valence-electron chi connectivity index (χ0n) is 22.7. The van der Waals surface area contributed by atoms with Crippen LogP contribution in [0.4, 0.5) is 19.3 Å². The first kappa shape index (κ1) is 27.3. The smallest absolute Gasteiger partial charge is 0.418 e. The lowest BCUT2D eigenvalue weighted by atomic mass is 9.73. The van der Waals surface area contributed by atoms with E-state index in [2.05, 4.69) is 5.32 Å². The van der Waals surface area contributed by atoms with Gasteiger partial charge in [0.05, 0.1) is 0 Å². The van der Waals surface area contributed by atoms with E-state index >= 15 is 0 Å². The van der Waals surface area contributed by atoms with E-state index < -0.39 is 54.4 Å². The fourth-order valence-electron chi connectivity index (χ4n) is 6.32. The molecular weight excluding hydrogens is 534 g/mol. The molecule has 3 aliphatic carbocycles. The molecular formula is C30H32F2N4O5. The van der Waals surface area contributed by atoms with E-state index in [1.807, 2.05) is 37.3 Å². The van der Waals surface area contributed by atoms with Crippen LogP contribution >= 0.6 is 0 Å². The van der Waals surface area contributed by atoms with E-state index in [4.69, 9.17) is 10.5 Å². The van der Waals surface area contributed by atoms with Gasteiger partial charge in [-0.25, -0.2) is 18.5 Å². The zero-order chi connectivity index (χ0) is 29.2. The molecule has 1 saturated heterocycles. The monoisotopic (exact) mass is 566 g/mol. The summed E-state index contributed by atoms with van der Waals surface area (Å²) in [5.41, 5.74) is 5.11. The highest BCUT2D eigenvalue weighted by atomic mass is 19.3. The summed E-state index contributed by atoms with van der Waals surface area (Å²) >= 11 is 0. The van der Waals surface area contributed by atoms with Gasteiger partial charge in [-0.3, -0.25) is 14.4 Å². The number of ether oxygens (including phenoxy) is 1. The van der Waals surface area contributed by atoms with Crippen LogP contribution in [0, 0.1) is 5.92 Å². The van der Waals surface area contributed by atoms with Gasteiger partial charge in [0.1, 0.15) is 12.1 Å². The molecule has 1 aliphatic heterocycles. The van der Waals surface area contributed by atoms with E-state index in [1.165, 1.54) is 6.07 Å². The number of carbonyl (C=O) groups excluding carboxylic acids is 4. The molecule has 4 aliphatic rings. The Morgan fingerprint density at radius 2 is 1.85 bits per heavy atom. The summed E-state index contributed by atoms with van der Waals surface area (Å²) in [4.78, 5) is 55.4. The molecule has 216 valence electrons. The number of amides is 4. The van der Waals surface area contributed by atoms with Crippen LogP contribution in [0.2, 0.25) is 0 Å². The van der Waals surface area contributed by atoms with Crippen LogP contribution < -0.4 is 11.1 Å². The van der Waals surface area contributed by atoms with Gasteiger partial charge in [0, 0.05) is 43.1 Å². The van der Waals surface area contributed by atoms with Gasteiger partial charge in [0.2, 0.25) is 17.4 Å². The van der Waals surface area contributed by atoms with Gasteiger partial charge < -0.3 is 20.7 Å². The molecule has 0 radical (unpaired) electrons. The van der Waals surface area contributed by atoms with E-state index in [0.717, 1.165) is 23.3 Å². The highest BCUT2D eigenvalue weighted by molar-refractivity contribution is 6.06. The molecule has 1 spiro atoms. The average molecular weight is 567 g/mol. The predicted molar refractivity (Wildman–Crippen MR) is 144 cm³/mol. The highest BCUT2D eigenvalue weighted by Gasteiger charge is 2.60. The Hall–Kier alpha value is -3.86. The summed E-state index contributed by atoms with van der Waals surface area (Å²) < 4.78 is 32.3. The Balaban J connectivity index is 1.17. The van der Waals surface area contributed by atoms with Gasteiger partial charge in [0.25, 0.3) is 11.8 Å². The summed E-state index contributed by atoms with van der Waals surface area (Å²) in [5.74, 6) is -4.19. The summed E-state index contributed by atoms with van der Waals surface area (Å²) in [7, 11) is 0. The SMILES string of the molecule is C[C@@H](C1CC1)N(Cc1ccccc1)C(=O)CN1C(=O)OC2(CCc3cc(NC(=O)C4(N)CC(F)(F)C4)ccc32)C1=O. The first-order valence-electron chi connectivity index (χ1n) is 13.9. The summed E-state index contributed by atoms with van der Waals surface area (Å²) in [5, 5.41) is 2.59. The third kappa shape index (κ3) is 4.86. The van der Waals surface area contributed by atoms with Gasteiger partial charge in [-0.05, 0) is 55.4 Å². The van der Waals surface area contributed by atoms with Crippen LogP contribution in [0.5, 0.6) is 0 Å². The number of imide groups is 1. The molecule has 6 rings (SSSR count). The molecule has 41 heavy (non-hydrogen) atoms. The van der Waals surface area contributed by atoms with Crippen molar-refractivity contribution in [2.24, 2.45) is 11.7 Å². The van der Waals surface area contributed by atoms with Crippen molar-refractivity contribution in [2.75, 3.05) is 11.9 Å². The van der Waals surface area contributed by atoms with Crippen molar-refractivity contribution in [3.05, 3.63) is 65.2 Å². The van der Waals surface area contributed by atoms with E-state index in [9.17, 15) is 28.0 Å². The van der Waals surface area contributed by atoms with E-state index in [-0.39, 0.29) is 18.4 Å². The second-order valence-corrected chi connectivity index (χ2v) is 11.9. The molecule has 2 aromatic carbocycles. The lowest BCUT2D eigenvalue weighted by Crippen LogP contribution is -2.64. The Bertz CT molecular complexity index is 1420. The number of fused-ring (bicyclic) bond motifs is 2. The predicted octanol–water partition coefficient (Wildman–Crippen LogP) is 3.70. The van der Waals surface area contributed by atoms with Crippen molar-refractivity contribution < 1.29 is 32.7 Å². The molecule has 0 aromatic heterocycles. The number of anilines is 1. The normalized spacial score (nSPS) is 24.4. The Morgan fingerprint density at radius 3 is 2.51 bits per heavy atom. The van der Waals surface area contributed by atoms with Crippen LogP contribution in [-0.4, -0.2) is 57.7 Å². The minimum Gasteiger partial charge on any atom is -0.427 e. The minimum atomic E-state index is -2.95. The molecule has 3 N–H and O–H groups in total. The number of nitrogens with one attached hydrogen (secondary N) is 1. The van der Waals surface area contributed by atoms with Crippen molar-refractivity contribution in [3.63, 3.8) is 0 Å². The zero-order valence-corrected chi connectivity index (χ0v) is 22.7. The van der Waals surface area contributed by atoms with E-state index in [0.29, 0.717) is 35.7 Å². The molecule has 2 aromatic rings. The van der Waals surface area contributed by atoms with Crippen molar-refractivity contribution >= 4 is 29.5 Å². The number of carbonyl (C=O) groups is 4. The quantitative estimate of drug-likeness (QED) is 0.503. The summed E-state index contributed by atoms with van der Waals surface area (Å²) in [6.45, 7) is 1.95. The number of hydrogen-bond donors (Lipinski definition) is 2. The number of benzene rings is 2. The Morgan fingerprint density at radius 1 is 1.15 bits per heavy atom. The first-order valence-corrected chi connectivity index (χ1v) is 13.9. The molecule has 4 amide bonds. The first-order chi connectivity index (χ1) is 19.4. The molecule has 1 heterocycles. The van der Waals surface area contributed by atoms with Crippen LogP contribution in [0.1, 0.15) is 55.7 Å². The highest BCUT2D eigenvalue weighted by Crippen LogP contribution is 2.47. The summed E-state index contributed by atoms with van der Waals surface area (Å²) in [6.07, 6.45) is 0.321. The molecule has 2 saturated carbocycles. The fourth-order valence-corrected chi connectivity index (χ4v) is 6.32. The number of nitrogens with zero attached hydrogens (tertiary/aromatic N) is 2. The maximum Gasteiger partial charge on any atom is 0.418 e. The van der Waals surface area contributed by atoms with E-state index in [1.54, 1.807) is 17.0 Å². The second-order valence-electron chi connectivity index (χ2n) is 11.9. The lowest BCUT2D eigenvalue weighted by molar-refractivity contribution is -0.151. The molecule has 3 fully saturated rings. The summed E-state index contributed by atoms with van der Waals surface area (Å²) in [6, 6.07) is 14.3. The Labute approximate surface area is 236 Å². The standard InChI is InChI=1S/C30H32F2N4O5/c1-18(20-7-8-20)35(14-19-5-3-2-4-6-19)24(37)15-36-26(39)30(41-27(36)40)12-11-21-13-22(9-10-23(21)30)34-25(38)28(33)16-29(31,32)17-28/h2-6,9-10,13,18,20H,7-8,11-12,14-17,33H2,1H3,(H,34,38)/t18-,30?/m0/s1. The van der Waals surface area contributed by atoms with Crippen molar-refractivity contribution in [3.8, 4) is 0 Å². The molecule has 9 nitrogen and oxygen atoms in total. The molecule has 11 heteroatoms. The third-order valence-corrected chi connectivity index (χ3v) is 8.82. The van der Waals surface area contributed by atoms with Crippen LogP contribution in [-0.2, 0) is 37.7 Å². The van der Waals surface area contributed by atoms with Crippen LogP contribution in [0.25, 0.3) is 0 Å². The number of hydrogen-bond acceptors (Lipinski definition) is 6. The molecule has 1 unspecified atom stereocenters. The molecule has 2 atom stereocenters. The van der Waals surface area contributed by atoms with Crippen LogP contribution in [0.3, 0.4) is 0 Å². The van der Waals surface area contributed by atoms with Gasteiger partial charge in [-0.15, -0.1) is 0 Å². The topological polar surface area (TPSA) is 122 Å². The number of halogens is 2. The second kappa shape index (κ2) is 9.61. The average Bonchev–Trinajstić information content (AvgIpc) is 3.67. The van der Waals surface area contributed by atoms with Gasteiger partial charge in [-0.2, -0.15) is 0 Å².